The molecule has 11 heavy (non-hydrogen) atoms. The Bertz CT molecular complexity index is 150. The zero-order chi connectivity index (χ0) is 8.10. The summed E-state index contributed by atoms with van der Waals surface area (Å²) in [5.74, 6) is 0.661. The lowest BCUT2D eigenvalue weighted by atomic mass is 10.0. The van der Waals surface area contributed by atoms with E-state index in [1.54, 1.807) is 7.11 Å². The van der Waals surface area contributed by atoms with Crippen LogP contribution in [0.25, 0.3) is 4.85 Å². The minimum atomic E-state index is 0.441. The molecule has 0 bridgehead atoms. The number of ether oxygens (including phenoxy) is 1. The van der Waals surface area contributed by atoms with Gasteiger partial charge in [-0.3, -0.25) is 0 Å². The van der Waals surface area contributed by atoms with E-state index in [9.17, 15) is 0 Å². The second-order valence-corrected chi connectivity index (χ2v) is 3.14. The quantitative estimate of drug-likeness (QED) is 0.566. The van der Waals surface area contributed by atoms with Crippen LogP contribution in [0.15, 0.2) is 0 Å². The standard InChI is InChI=1S/C9H15NO/c1-10-7-6-8-4-3-5-9(8)11-2/h8-9H,3-7H2,2H3. The molecule has 1 aliphatic rings. The largest absolute Gasteiger partial charge is 0.381 e. The maximum absolute atomic E-state index is 6.67. The van der Waals surface area contributed by atoms with Crippen molar-refractivity contribution >= 4 is 0 Å². The molecule has 62 valence electrons. The van der Waals surface area contributed by atoms with Crippen LogP contribution in [0, 0.1) is 12.5 Å². The van der Waals surface area contributed by atoms with Gasteiger partial charge in [-0.2, -0.15) is 0 Å². The summed E-state index contributed by atoms with van der Waals surface area (Å²) in [6, 6.07) is 0. The SMILES string of the molecule is [C-]#[N+]CCC1CCCC1OC. The molecule has 0 aromatic heterocycles. The molecule has 0 aromatic carbocycles. The van der Waals surface area contributed by atoms with Gasteiger partial charge < -0.3 is 9.58 Å². The van der Waals surface area contributed by atoms with E-state index in [0.29, 0.717) is 18.6 Å². The van der Waals surface area contributed by atoms with Crippen LogP contribution in [0.1, 0.15) is 25.7 Å². The maximum atomic E-state index is 6.67. The van der Waals surface area contributed by atoms with E-state index >= 15 is 0 Å². The normalized spacial score (nSPS) is 30.2. The second-order valence-electron chi connectivity index (χ2n) is 3.14. The third-order valence-corrected chi connectivity index (χ3v) is 2.50. The van der Waals surface area contributed by atoms with Crippen LogP contribution in [0.3, 0.4) is 0 Å². The molecular formula is C9H15NO. The van der Waals surface area contributed by atoms with Gasteiger partial charge in [-0.15, -0.1) is 0 Å². The first-order chi connectivity index (χ1) is 5.38. The van der Waals surface area contributed by atoms with Crippen molar-refractivity contribution in [3.63, 3.8) is 0 Å². The van der Waals surface area contributed by atoms with Gasteiger partial charge in [0.2, 0.25) is 6.54 Å². The van der Waals surface area contributed by atoms with Crippen molar-refractivity contribution in [2.24, 2.45) is 5.92 Å². The van der Waals surface area contributed by atoms with Crippen LogP contribution in [0.2, 0.25) is 0 Å². The molecular weight excluding hydrogens is 138 g/mol. The molecule has 0 spiro atoms. The fourth-order valence-corrected chi connectivity index (χ4v) is 1.87. The van der Waals surface area contributed by atoms with E-state index in [1.165, 1.54) is 19.3 Å². The third-order valence-electron chi connectivity index (χ3n) is 2.50. The van der Waals surface area contributed by atoms with E-state index in [2.05, 4.69) is 4.85 Å². The summed E-state index contributed by atoms with van der Waals surface area (Å²) in [4.78, 5) is 3.36. The van der Waals surface area contributed by atoms with Crippen LogP contribution in [-0.4, -0.2) is 19.8 Å². The molecule has 0 saturated heterocycles. The van der Waals surface area contributed by atoms with E-state index in [4.69, 9.17) is 11.3 Å². The lowest BCUT2D eigenvalue weighted by Crippen LogP contribution is -2.16. The smallest absolute Gasteiger partial charge is 0.215 e. The summed E-state index contributed by atoms with van der Waals surface area (Å²) in [6.07, 6.45) is 5.20. The van der Waals surface area contributed by atoms with E-state index < -0.39 is 0 Å². The van der Waals surface area contributed by atoms with E-state index in [1.807, 2.05) is 0 Å². The van der Waals surface area contributed by atoms with Crippen molar-refractivity contribution in [2.45, 2.75) is 31.8 Å². The van der Waals surface area contributed by atoms with Crippen molar-refractivity contribution in [1.82, 2.24) is 0 Å². The molecule has 2 nitrogen and oxygen atoms in total. The molecule has 0 heterocycles. The monoisotopic (exact) mass is 153 g/mol. The van der Waals surface area contributed by atoms with Gasteiger partial charge in [0.25, 0.3) is 0 Å². The average Bonchev–Trinajstić information content (AvgIpc) is 2.47. The molecule has 0 aliphatic heterocycles. The van der Waals surface area contributed by atoms with Crippen LogP contribution >= 0.6 is 0 Å². The first kappa shape index (κ1) is 8.55. The number of methoxy groups -OCH3 is 1. The Morgan fingerprint density at radius 1 is 1.55 bits per heavy atom. The van der Waals surface area contributed by atoms with Gasteiger partial charge in [-0.25, -0.2) is 6.57 Å². The van der Waals surface area contributed by atoms with E-state index in [-0.39, 0.29) is 0 Å². The van der Waals surface area contributed by atoms with Crippen molar-refractivity contribution in [2.75, 3.05) is 13.7 Å². The molecule has 2 atom stereocenters. The fourth-order valence-electron chi connectivity index (χ4n) is 1.87. The Labute approximate surface area is 68.4 Å². The first-order valence-electron chi connectivity index (χ1n) is 4.24. The predicted octanol–water partition coefficient (Wildman–Crippen LogP) is 2.11. The minimum absolute atomic E-state index is 0.441. The van der Waals surface area contributed by atoms with Gasteiger partial charge in [0.05, 0.1) is 6.10 Å². The van der Waals surface area contributed by atoms with Gasteiger partial charge >= 0.3 is 0 Å². The zero-order valence-corrected chi connectivity index (χ0v) is 7.05. The maximum Gasteiger partial charge on any atom is 0.215 e. The van der Waals surface area contributed by atoms with Crippen LogP contribution in [0.4, 0.5) is 0 Å². The van der Waals surface area contributed by atoms with Crippen molar-refractivity contribution in [3.05, 3.63) is 11.4 Å². The topological polar surface area (TPSA) is 13.6 Å². The Balaban J connectivity index is 2.27. The number of hydrogen-bond donors (Lipinski definition) is 0. The summed E-state index contributed by atoms with van der Waals surface area (Å²) < 4.78 is 5.32. The van der Waals surface area contributed by atoms with Crippen LogP contribution in [0.5, 0.6) is 0 Å². The van der Waals surface area contributed by atoms with Crippen molar-refractivity contribution < 1.29 is 4.74 Å². The molecule has 1 saturated carbocycles. The third kappa shape index (κ3) is 2.20. The van der Waals surface area contributed by atoms with Gasteiger partial charge in [0, 0.05) is 13.5 Å². The van der Waals surface area contributed by atoms with Crippen molar-refractivity contribution in [1.29, 1.82) is 0 Å². The van der Waals surface area contributed by atoms with Gasteiger partial charge in [0.15, 0.2) is 0 Å². The van der Waals surface area contributed by atoms with Crippen LogP contribution < -0.4 is 0 Å². The Hall–Kier alpha value is -0.550. The fraction of sp³-hybridized carbons (Fsp3) is 0.889. The molecule has 2 heteroatoms. The minimum Gasteiger partial charge on any atom is -0.381 e. The number of nitrogens with zero attached hydrogens (tertiary/aromatic N) is 1. The summed E-state index contributed by atoms with van der Waals surface area (Å²) in [5.41, 5.74) is 0. The van der Waals surface area contributed by atoms with Crippen molar-refractivity contribution in [3.8, 4) is 0 Å². The summed E-state index contributed by atoms with van der Waals surface area (Å²) >= 11 is 0. The highest BCUT2D eigenvalue weighted by Gasteiger charge is 2.27. The molecule has 0 amide bonds. The highest BCUT2D eigenvalue weighted by Crippen LogP contribution is 2.30. The highest BCUT2D eigenvalue weighted by atomic mass is 16.5. The molecule has 0 N–H and O–H groups in total. The molecule has 1 rings (SSSR count). The lowest BCUT2D eigenvalue weighted by molar-refractivity contribution is 0.0696. The molecule has 1 aliphatic carbocycles. The van der Waals surface area contributed by atoms with Gasteiger partial charge in [-0.1, -0.05) is 6.42 Å². The molecule has 2 unspecified atom stereocenters. The molecule has 0 radical (unpaired) electrons. The Morgan fingerprint density at radius 3 is 3.00 bits per heavy atom. The summed E-state index contributed by atoms with van der Waals surface area (Å²) in [5, 5.41) is 0. The number of hydrogen-bond acceptors (Lipinski definition) is 1. The predicted molar refractivity (Wildman–Crippen MR) is 44.2 cm³/mol. The molecule has 0 aromatic rings. The lowest BCUT2D eigenvalue weighted by Gasteiger charge is -2.14. The van der Waals surface area contributed by atoms with Crippen LogP contribution in [-0.2, 0) is 4.74 Å². The van der Waals surface area contributed by atoms with E-state index in [0.717, 1.165) is 6.42 Å². The number of rotatable bonds is 3. The second kappa shape index (κ2) is 4.35. The van der Waals surface area contributed by atoms with Gasteiger partial charge in [-0.05, 0) is 18.8 Å². The Morgan fingerprint density at radius 2 is 2.36 bits per heavy atom. The Kier molecular flexibility index (Phi) is 3.38. The highest BCUT2D eigenvalue weighted by molar-refractivity contribution is 4.79. The van der Waals surface area contributed by atoms with Gasteiger partial charge in [0.1, 0.15) is 0 Å². The molecule has 1 fully saturated rings. The first-order valence-corrected chi connectivity index (χ1v) is 4.24. The average molecular weight is 153 g/mol. The summed E-state index contributed by atoms with van der Waals surface area (Å²) in [6.45, 7) is 7.34. The zero-order valence-electron chi connectivity index (χ0n) is 7.05. The summed E-state index contributed by atoms with van der Waals surface area (Å²) in [7, 11) is 1.78.